The van der Waals surface area contributed by atoms with Crippen LogP contribution in [0.25, 0.3) is 50.2 Å². The molecule has 186 valence electrons. The molecule has 0 amide bonds. The quantitative estimate of drug-likeness (QED) is 0.233. The highest BCUT2D eigenvalue weighted by atomic mass is 32.2. The standard InChI is InChI=1S/C30H20F2N4OS/c1-38(37)25-12-10-24(11-13-25)36-30-26(18-34-36)27(19-2-6-22(31)7-3-19)28(20-14-16-33-17-15-20)29(35-30)21-4-8-23(32)9-5-21/h2-18H,1H3. The first-order valence-corrected chi connectivity index (χ1v) is 13.3. The average Bonchev–Trinajstić information content (AvgIpc) is 3.37. The summed E-state index contributed by atoms with van der Waals surface area (Å²) in [4.78, 5) is 9.94. The van der Waals surface area contributed by atoms with E-state index < -0.39 is 11.2 Å². The molecule has 0 N–H and O–H groups in total. The molecule has 0 fully saturated rings. The van der Waals surface area contributed by atoms with Crippen molar-refractivity contribution in [3.8, 4) is 39.2 Å². The van der Waals surface area contributed by atoms with Crippen molar-refractivity contribution in [3.05, 3.63) is 115 Å². The molecule has 3 aromatic carbocycles. The Labute approximate surface area is 220 Å². The zero-order chi connectivity index (χ0) is 26.2. The minimum atomic E-state index is -1.11. The summed E-state index contributed by atoms with van der Waals surface area (Å²) in [7, 11) is 0. The monoisotopic (exact) mass is 522 g/mol. The molecule has 0 aliphatic heterocycles. The van der Waals surface area contributed by atoms with E-state index in [2.05, 4.69) is 10.1 Å². The molecule has 0 saturated heterocycles. The highest BCUT2D eigenvalue weighted by molar-refractivity contribution is 7.90. The van der Waals surface area contributed by atoms with Gasteiger partial charge in [-0.1, -0.05) is 12.1 Å². The van der Waals surface area contributed by atoms with Crippen LogP contribution in [0.2, 0.25) is 0 Å². The summed E-state index contributed by atoms with van der Waals surface area (Å²) >= 11 is -1.11. The molecule has 0 aliphatic rings. The van der Waals surface area contributed by atoms with Gasteiger partial charge in [0.25, 0.3) is 0 Å². The molecule has 1 unspecified atom stereocenters. The number of hydrogen-bond donors (Lipinski definition) is 0. The van der Waals surface area contributed by atoms with Crippen molar-refractivity contribution in [1.29, 1.82) is 0 Å². The first kappa shape index (κ1) is 24.0. The third-order valence-corrected chi connectivity index (χ3v) is 7.29. The zero-order valence-corrected chi connectivity index (χ0v) is 21.0. The van der Waals surface area contributed by atoms with Gasteiger partial charge in [0.05, 0.1) is 17.6 Å². The van der Waals surface area contributed by atoms with Crippen LogP contribution in [0.15, 0.2) is 108 Å². The van der Waals surface area contributed by atoms with Gasteiger partial charge in [-0.15, -0.1) is 0 Å². The first-order chi connectivity index (χ1) is 18.5. The zero-order valence-electron chi connectivity index (χ0n) is 20.2. The van der Waals surface area contributed by atoms with Crippen molar-refractivity contribution in [2.75, 3.05) is 6.26 Å². The molecule has 38 heavy (non-hydrogen) atoms. The van der Waals surface area contributed by atoms with Gasteiger partial charge in [0, 0.05) is 34.5 Å². The predicted molar refractivity (Wildman–Crippen MR) is 145 cm³/mol. The highest BCUT2D eigenvalue weighted by Crippen LogP contribution is 2.43. The Hall–Kier alpha value is -4.40. The van der Waals surface area contributed by atoms with E-state index in [0.29, 0.717) is 21.8 Å². The second-order valence-corrected chi connectivity index (χ2v) is 10.1. The van der Waals surface area contributed by atoms with Crippen molar-refractivity contribution in [2.45, 2.75) is 4.90 Å². The molecular weight excluding hydrogens is 502 g/mol. The molecule has 6 rings (SSSR count). The molecule has 0 saturated carbocycles. The number of hydrogen-bond acceptors (Lipinski definition) is 4. The number of pyridine rings is 2. The summed E-state index contributed by atoms with van der Waals surface area (Å²) < 4.78 is 41.4. The van der Waals surface area contributed by atoms with Gasteiger partial charge in [0.15, 0.2) is 10.5 Å². The number of fused-ring (bicyclic) bond motifs is 1. The molecule has 5 nitrogen and oxygen atoms in total. The van der Waals surface area contributed by atoms with Gasteiger partial charge >= 0.3 is 0 Å². The summed E-state index contributed by atoms with van der Waals surface area (Å²) in [6.07, 6.45) is 6.77. The Morgan fingerprint density at radius 3 is 1.89 bits per heavy atom. The lowest BCUT2D eigenvalue weighted by Gasteiger charge is -2.17. The van der Waals surface area contributed by atoms with Crippen LogP contribution >= 0.6 is 0 Å². The number of nitrogens with zero attached hydrogens (tertiary/aromatic N) is 4. The first-order valence-electron chi connectivity index (χ1n) is 11.8. The summed E-state index contributed by atoms with van der Waals surface area (Å²) in [5, 5.41) is 5.42. The SMILES string of the molecule is C[S+]([O-])c1ccc(-n2ncc3c(-c4ccc(F)cc4)c(-c4ccncc4)c(-c4ccc(F)cc4)nc32)cc1. The van der Waals surface area contributed by atoms with Crippen molar-refractivity contribution >= 4 is 22.2 Å². The van der Waals surface area contributed by atoms with Crippen LogP contribution in [0.1, 0.15) is 0 Å². The third kappa shape index (κ3) is 4.34. The van der Waals surface area contributed by atoms with E-state index in [9.17, 15) is 13.3 Å². The van der Waals surface area contributed by atoms with E-state index in [1.165, 1.54) is 24.3 Å². The number of aromatic nitrogens is 4. The fraction of sp³-hybridized carbons (Fsp3) is 0.0333. The normalized spacial score (nSPS) is 12.1. The molecule has 6 aromatic rings. The Morgan fingerprint density at radius 2 is 1.29 bits per heavy atom. The van der Waals surface area contributed by atoms with Crippen molar-refractivity contribution in [2.24, 2.45) is 0 Å². The van der Waals surface area contributed by atoms with Gasteiger partial charge in [-0.2, -0.15) is 5.10 Å². The second-order valence-electron chi connectivity index (χ2n) is 8.70. The largest absolute Gasteiger partial charge is 0.612 e. The number of halogens is 2. The topological polar surface area (TPSA) is 66.7 Å². The predicted octanol–water partition coefficient (Wildman–Crippen LogP) is 6.83. The average molecular weight is 523 g/mol. The van der Waals surface area contributed by atoms with Gasteiger partial charge in [0.1, 0.15) is 17.9 Å². The fourth-order valence-electron chi connectivity index (χ4n) is 4.54. The molecule has 8 heteroatoms. The van der Waals surface area contributed by atoms with Crippen LogP contribution in [0.3, 0.4) is 0 Å². The highest BCUT2D eigenvalue weighted by Gasteiger charge is 2.23. The van der Waals surface area contributed by atoms with Crippen LogP contribution in [0, 0.1) is 11.6 Å². The minimum Gasteiger partial charge on any atom is -0.612 e. The summed E-state index contributed by atoms with van der Waals surface area (Å²) in [6.45, 7) is 0. The lowest BCUT2D eigenvalue weighted by atomic mass is 9.89. The Kier molecular flexibility index (Phi) is 6.19. The van der Waals surface area contributed by atoms with Gasteiger partial charge in [0.2, 0.25) is 0 Å². The maximum Gasteiger partial charge on any atom is 0.164 e. The molecule has 0 radical (unpaired) electrons. The van der Waals surface area contributed by atoms with E-state index in [-0.39, 0.29) is 11.6 Å². The van der Waals surface area contributed by atoms with E-state index in [0.717, 1.165) is 33.3 Å². The second kappa shape index (κ2) is 9.81. The molecule has 0 aliphatic carbocycles. The van der Waals surface area contributed by atoms with Gasteiger partial charge in [-0.25, -0.2) is 18.4 Å². The Morgan fingerprint density at radius 1 is 0.711 bits per heavy atom. The van der Waals surface area contributed by atoms with Crippen LogP contribution in [-0.4, -0.2) is 30.6 Å². The summed E-state index contributed by atoms with van der Waals surface area (Å²) in [5.74, 6) is -0.690. The van der Waals surface area contributed by atoms with Crippen molar-refractivity contribution in [3.63, 3.8) is 0 Å². The Bertz CT molecular complexity index is 1740. The molecule has 1 atom stereocenters. The summed E-state index contributed by atoms with van der Waals surface area (Å²) in [6, 6.07) is 23.5. The van der Waals surface area contributed by atoms with Gasteiger partial charge in [-0.05, 0) is 95.1 Å². The Balaban J connectivity index is 1.71. The lowest BCUT2D eigenvalue weighted by molar-refractivity contribution is 0.601. The lowest BCUT2D eigenvalue weighted by Crippen LogP contribution is -2.02. The van der Waals surface area contributed by atoms with Crippen molar-refractivity contribution in [1.82, 2.24) is 19.7 Å². The van der Waals surface area contributed by atoms with Crippen LogP contribution in [0.5, 0.6) is 0 Å². The van der Waals surface area contributed by atoms with Crippen LogP contribution in [0.4, 0.5) is 8.78 Å². The molecule has 0 spiro atoms. The van der Waals surface area contributed by atoms with Crippen LogP contribution < -0.4 is 0 Å². The number of rotatable bonds is 5. The van der Waals surface area contributed by atoms with E-state index in [1.807, 2.05) is 24.3 Å². The van der Waals surface area contributed by atoms with Gasteiger partial charge in [-0.3, -0.25) is 4.98 Å². The van der Waals surface area contributed by atoms with E-state index in [4.69, 9.17) is 4.98 Å². The summed E-state index contributed by atoms with van der Waals surface area (Å²) in [5.41, 5.74) is 5.91. The minimum absolute atomic E-state index is 0.340. The maximum atomic E-state index is 13.9. The van der Waals surface area contributed by atoms with E-state index in [1.54, 1.807) is 65.9 Å². The molecular formula is C30H20F2N4OS. The number of benzene rings is 3. The smallest absolute Gasteiger partial charge is 0.164 e. The molecule has 0 bridgehead atoms. The fourth-order valence-corrected chi connectivity index (χ4v) is 5.06. The molecule has 3 heterocycles. The van der Waals surface area contributed by atoms with Crippen LogP contribution in [-0.2, 0) is 11.2 Å². The van der Waals surface area contributed by atoms with Gasteiger partial charge < -0.3 is 4.55 Å². The van der Waals surface area contributed by atoms with E-state index >= 15 is 0 Å². The molecule has 3 aromatic heterocycles. The van der Waals surface area contributed by atoms with Crippen molar-refractivity contribution < 1.29 is 13.3 Å². The maximum absolute atomic E-state index is 13.9. The third-order valence-electron chi connectivity index (χ3n) is 6.35.